The predicted molar refractivity (Wildman–Crippen MR) is 88.5 cm³/mol. The van der Waals surface area contributed by atoms with E-state index >= 15 is 0 Å². The summed E-state index contributed by atoms with van der Waals surface area (Å²) in [6.07, 6.45) is -1.97. The van der Waals surface area contributed by atoms with E-state index in [4.69, 9.17) is 0 Å². The van der Waals surface area contributed by atoms with Crippen LogP contribution in [-0.4, -0.2) is 37.4 Å². The van der Waals surface area contributed by atoms with Gasteiger partial charge in [-0.3, -0.25) is 14.7 Å². The van der Waals surface area contributed by atoms with Crippen LogP contribution in [0.2, 0.25) is 0 Å². The quantitative estimate of drug-likeness (QED) is 0.781. The Morgan fingerprint density at radius 1 is 1.38 bits per heavy atom. The number of nitrogens with zero attached hydrogens (tertiary/aromatic N) is 5. The van der Waals surface area contributed by atoms with Crippen LogP contribution in [-0.2, 0) is 19.3 Å². The number of halogens is 3. The van der Waals surface area contributed by atoms with Crippen molar-refractivity contribution in [1.29, 1.82) is 0 Å². The maximum atomic E-state index is 13.0. The Morgan fingerprint density at radius 2 is 2.12 bits per heavy atom. The highest BCUT2D eigenvalue weighted by Crippen LogP contribution is 2.30. The van der Waals surface area contributed by atoms with E-state index in [2.05, 4.69) is 26.0 Å². The van der Waals surface area contributed by atoms with Gasteiger partial charge in [0, 0.05) is 19.6 Å². The van der Waals surface area contributed by atoms with E-state index < -0.39 is 17.9 Å². The van der Waals surface area contributed by atoms with Crippen LogP contribution in [0.1, 0.15) is 31.7 Å². The Hall–Kier alpha value is -2.59. The van der Waals surface area contributed by atoms with Gasteiger partial charge in [-0.2, -0.15) is 18.3 Å². The number of amides is 2. The van der Waals surface area contributed by atoms with Gasteiger partial charge < -0.3 is 5.32 Å². The minimum atomic E-state index is -4.46. The van der Waals surface area contributed by atoms with Crippen molar-refractivity contribution in [1.82, 2.24) is 30.1 Å². The number of nitrogens with one attached hydrogen (secondary N) is 2. The molecule has 0 bridgehead atoms. The largest absolute Gasteiger partial charge is 0.433 e. The number of carbonyl (C=O) groups is 1. The number of aromatic nitrogens is 5. The van der Waals surface area contributed by atoms with E-state index in [1.165, 1.54) is 6.92 Å². The zero-order valence-electron chi connectivity index (χ0n) is 14.8. The van der Waals surface area contributed by atoms with Crippen molar-refractivity contribution in [3.05, 3.63) is 23.7 Å². The summed E-state index contributed by atoms with van der Waals surface area (Å²) in [5.41, 5.74) is -0.496. The monoisotopic (exact) mass is 373 g/mol. The molecule has 2 amide bonds. The van der Waals surface area contributed by atoms with Crippen molar-refractivity contribution in [2.45, 2.75) is 46.5 Å². The molecule has 26 heavy (non-hydrogen) atoms. The SMILES string of the molecule is CCCn1cc(NC(=O)NC[C@H](C)Cn2nc(C)cc2C(F)(F)F)nn1. The zero-order chi connectivity index (χ0) is 19.3. The zero-order valence-corrected chi connectivity index (χ0v) is 14.8. The van der Waals surface area contributed by atoms with Gasteiger partial charge in [-0.1, -0.05) is 19.1 Å². The van der Waals surface area contributed by atoms with Gasteiger partial charge in [0.15, 0.2) is 5.82 Å². The molecule has 0 aliphatic heterocycles. The molecule has 2 aromatic rings. The van der Waals surface area contributed by atoms with Crippen LogP contribution in [0.5, 0.6) is 0 Å². The third kappa shape index (κ3) is 5.46. The van der Waals surface area contributed by atoms with E-state index in [1.807, 2.05) is 6.92 Å². The average molecular weight is 373 g/mol. The topological polar surface area (TPSA) is 89.7 Å². The maximum Gasteiger partial charge on any atom is 0.433 e. The summed E-state index contributed by atoms with van der Waals surface area (Å²) in [7, 11) is 0. The number of aryl methyl sites for hydroxylation is 2. The van der Waals surface area contributed by atoms with Crippen molar-refractivity contribution >= 4 is 11.8 Å². The summed E-state index contributed by atoms with van der Waals surface area (Å²) >= 11 is 0. The number of hydrogen-bond acceptors (Lipinski definition) is 4. The lowest BCUT2D eigenvalue weighted by Crippen LogP contribution is -2.34. The molecule has 0 aliphatic carbocycles. The Morgan fingerprint density at radius 3 is 2.77 bits per heavy atom. The number of anilines is 1. The first-order valence-electron chi connectivity index (χ1n) is 8.25. The molecule has 144 valence electrons. The third-order valence-corrected chi connectivity index (χ3v) is 3.52. The van der Waals surface area contributed by atoms with Crippen molar-refractivity contribution < 1.29 is 18.0 Å². The molecule has 0 unspecified atom stereocenters. The molecule has 0 radical (unpaired) electrons. The van der Waals surface area contributed by atoms with Crippen LogP contribution >= 0.6 is 0 Å². The molecule has 0 saturated heterocycles. The number of urea groups is 1. The number of carbonyl (C=O) groups excluding carboxylic acids is 1. The Bertz CT molecular complexity index is 738. The number of rotatable bonds is 7. The van der Waals surface area contributed by atoms with Crippen LogP contribution in [0, 0.1) is 12.8 Å². The summed E-state index contributed by atoms with van der Waals surface area (Å²) in [4.78, 5) is 11.9. The van der Waals surface area contributed by atoms with Crippen molar-refractivity contribution in [3.8, 4) is 0 Å². The van der Waals surface area contributed by atoms with Gasteiger partial charge >= 0.3 is 12.2 Å². The van der Waals surface area contributed by atoms with Crippen LogP contribution in [0.3, 0.4) is 0 Å². The van der Waals surface area contributed by atoms with E-state index in [9.17, 15) is 18.0 Å². The van der Waals surface area contributed by atoms with Gasteiger partial charge in [0.1, 0.15) is 5.69 Å². The molecule has 0 aromatic carbocycles. The van der Waals surface area contributed by atoms with Crippen LogP contribution in [0.15, 0.2) is 12.3 Å². The van der Waals surface area contributed by atoms with E-state index in [0.717, 1.165) is 17.2 Å². The first kappa shape index (κ1) is 19.7. The predicted octanol–water partition coefficient (Wildman–Crippen LogP) is 2.67. The minimum absolute atomic E-state index is 0.0373. The second kappa shape index (κ2) is 8.19. The highest BCUT2D eigenvalue weighted by Gasteiger charge is 2.35. The maximum absolute atomic E-state index is 13.0. The lowest BCUT2D eigenvalue weighted by Gasteiger charge is -2.16. The molecular formula is C15H22F3N7O. The van der Waals surface area contributed by atoms with Gasteiger partial charge in [0.25, 0.3) is 0 Å². The summed E-state index contributed by atoms with van der Waals surface area (Å²) in [6, 6.07) is 0.514. The first-order valence-corrected chi connectivity index (χ1v) is 8.25. The smallest absolute Gasteiger partial charge is 0.337 e. The molecular weight excluding hydrogens is 351 g/mol. The molecule has 0 aliphatic rings. The second-order valence-electron chi connectivity index (χ2n) is 6.16. The molecule has 11 heteroatoms. The summed E-state index contributed by atoms with van der Waals surface area (Å²) in [6.45, 7) is 6.15. The molecule has 1 atom stereocenters. The van der Waals surface area contributed by atoms with E-state index in [-0.39, 0.29) is 19.0 Å². The summed E-state index contributed by atoms with van der Waals surface area (Å²) < 4.78 is 41.4. The second-order valence-corrected chi connectivity index (χ2v) is 6.16. The molecule has 0 saturated carbocycles. The van der Waals surface area contributed by atoms with E-state index in [1.54, 1.807) is 17.8 Å². The molecule has 8 nitrogen and oxygen atoms in total. The van der Waals surface area contributed by atoms with Crippen LogP contribution < -0.4 is 10.6 Å². The summed E-state index contributed by atoms with van der Waals surface area (Å²) in [5, 5.41) is 16.7. The van der Waals surface area contributed by atoms with Gasteiger partial charge in [-0.05, 0) is 25.3 Å². The summed E-state index contributed by atoms with van der Waals surface area (Å²) in [5.74, 6) is 0.0579. The number of hydrogen-bond donors (Lipinski definition) is 2. The van der Waals surface area contributed by atoms with E-state index in [0.29, 0.717) is 18.1 Å². The molecule has 0 fully saturated rings. The molecule has 2 rings (SSSR count). The molecule has 0 spiro atoms. The Balaban J connectivity index is 1.84. The van der Waals surface area contributed by atoms with Gasteiger partial charge in [-0.15, -0.1) is 5.10 Å². The van der Waals surface area contributed by atoms with Gasteiger partial charge in [0.2, 0.25) is 0 Å². The third-order valence-electron chi connectivity index (χ3n) is 3.52. The molecule has 2 aromatic heterocycles. The normalized spacial score (nSPS) is 12.8. The van der Waals surface area contributed by atoms with Crippen LogP contribution in [0.4, 0.5) is 23.8 Å². The van der Waals surface area contributed by atoms with Crippen LogP contribution in [0.25, 0.3) is 0 Å². The van der Waals surface area contributed by atoms with Gasteiger partial charge in [0.05, 0.1) is 11.9 Å². The van der Waals surface area contributed by atoms with Crippen molar-refractivity contribution in [2.75, 3.05) is 11.9 Å². The highest BCUT2D eigenvalue weighted by atomic mass is 19.4. The fraction of sp³-hybridized carbons (Fsp3) is 0.600. The van der Waals surface area contributed by atoms with Crippen molar-refractivity contribution in [2.24, 2.45) is 5.92 Å². The standard InChI is InChI=1S/C15H22F3N7O/c1-4-5-24-9-13(21-23-24)20-14(26)19-7-10(2)8-25-12(15(16,17)18)6-11(3)22-25/h6,9-10H,4-5,7-8H2,1-3H3,(H2,19,20,26)/t10-/m0/s1. The Kier molecular flexibility index (Phi) is 6.22. The first-order chi connectivity index (χ1) is 12.2. The lowest BCUT2D eigenvalue weighted by molar-refractivity contribution is -0.144. The van der Waals surface area contributed by atoms with Gasteiger partial charge in [-0.25, -0.2) is 4.79 Å². The average Bonchev–Trinajstić information content (AvgIpc) is 3.12. The fourth-order valence-electron chi connectivity index (χ4n) is 2.39. The Labute approximate surface area is 148 Å². The fourth-order valence-corrected chi connectivity index (χ4v) is 2.39. The molecule has 2 N–H and O–H groups in total. The lowest BCUT2D eigenvalue weighted by atomic mass is 10.2. The molecule has 2 heterocycles. The number of alkyl halides is 3. The highest BCUT2D eigenvalue weighted by molar-refractivity contribution is 5.87. The van der Waals surface area contributed by atoms with Crippen molar-refractivity contribution in [3.63, 3.8) is 0 Å². The minimum Gasteiger partial charge on any atom is -0.337 e.